The van der Waals surface area contributed by atoms with E-state index in [0.29, 0.717) is 0 Å². The summed E-state index contributed by atoms with van der Waals surface area (Å²) in [7, 11) is 0. The van der Waals surface area contributed by atoms with Gasteiger partial charge in [-0.1, -0.05) is 44.0 Å². The lowest BCUT2D eigenvalue weighted by atomic mass is 9.78. The first-order chi connectivity index (χ1) is 9.19. The van der Waals surface area contributed by atoms with Crippen LogP contribution in [-0.4, -0.2) is 17.3 Å². The van der Waals surface area contributed by atoms with Gasteiger partial charge in [0.15, 0.2) is 0 Å². The molecule has 2 nitrogen and oxygen atoms in total. The molecule has 1 heterocycles. The maximum atomic E-state index is 11.2. The van der Waals surface area contributed by atoms with Crippen molar-refractivity contribution in [2.24, 2.45) is 5.92 Å². The van der Waals surface area contributed by atoms with Gasteiger partial charge in [0.25, 0.3) is 0 Å². The molecule has 1 aliphatic carbocycles. The zero-order valence-corrected chi connectivity index (χ0v) is 11.9. The Kier molecular flexibility index (Phi) is 3.64. The maximum Gasteiger partial charge on any atom is 0.0841 e. The van der Waals surface area contributed by atoms with Crippen molar-refractivity contribution in [1.82, 2.24) is 5.32 Å². The fourth-order valence-corrected chi connectivity index (χ4v) is 3.80. The van der Waals surface area contributed by atoms with E-state index in [1.807, 2.05) is 0 Å². The fourth-order valence-electron chi connectivity index (χ4n) is 3.80. The minimum Gasteiger partial charge on any atom is -0.388 e. The Hall–Kier alpha value is -0.860. The molecule has 3 atom stereocenters. The quantitative estimate of drug-likeness (QED) is 0.759. The molecule has 1 aliphatic heterocycles. The van der Waals surface area contributed by atoms with Crippen molar-refractivity contribution >= 4 is 0 Å². The molecule has 0 aromatic heterocycles. The van der Waals surface area contributed by atoms with E-state index in [1.54, 1.807) is 0 Å². The normalized spacial score (nSPS) is 35.5. The van der Waals surface area contributed by atoms with E-state index in [9.17, 15) is 5.11 Å². The van der Waals surface area contributed by atoms with Gasteiger partial charge in [-0.15, -0.1) is 0 Å². The SMILES string of the molecule is CC1CCCC(O)(C2NCCc3ccccc32)CC1. The molecule has 0 bridgehead atoms. The number of rotatable bonds is 1. The van der Waals surface area contributed by atoms with Gasteiger partial charge in [-0.2, -0.15) is 0 Å². The van der Waals surface area contributed by atoms with Crippen LogP contribution in [0.15, 0.2) is 24.3 Å². The molecule has 104 valence electrons. The van der Waals surface area contributed by atoms with Gasteiger partial charge >= 0.3 is 0 Å². The highest BCUT2D eigenvalue weighted by Crippen LogP contribution is 2.41. The van der Waals surface area contributed by atoms with Gasteiger partial charge < -0.3 is 10.4 Å². The van der Waals surface area contributed by atoms with Crippen LogP contribution in [0.25, 0.3) is 0 Å². The first-order valence-electron chi connectivity index (χ1n) is 7.73. The number of hydrogen-bond donors (Lipinski definition) is 2. The number of aliphatic hydroxyl groups is 1. The third kappa shape index (κ3) is 2.56. The van der Waals surface area contributed by atoms with Crippen LogP contribution in [0.5, 0.6) is 0 Å². The Morgan fingerprint density at radius 3 is 2.95 bits per heavy atom. The number of fused-ring (bicyclic) bond motifs is 1. The predicted octanol–water partition coefficient (Wildman–Crippen LogP) is 3.20. The van der Waals surface area contributed by atoms with Crippen LogP contribution in [0.4, 0.5) is 0 Å². The van der Waals surface area contributed by atoms with Crippen molar-refractivity contribution in [3.05, 3.63) is 35.4 Å². The average molecular weight is 259 g/mol. The van der Waals surface area contributed by atoms with E-state index in [-0.39, 0.29) is 6.04 Å². The van der Waals surface area contributed by atoms with Crippen molar-refractivity contribution in [3.8, 4) is 0 Å². The average Bonchev–Trinajstić information content (AvgIpc) is 2.61. The lowest BCUT2D eigenvalue weighted by Gasteiger charge is -2.40. The second-order valence-corrected chi connectivity index (χ2v) is 6.48. The Balaban J connectivity index is 1.89. The molecule has 1 aromatic carbocycles. The van der Waals surface area contributed by atoms with E-state index in [2.05, 4.69) is 36.5 Å². The van der Waals surface area contributed by atoms with E-state index >= 15 is 0 Å². The van der Waals surface area contributed by atoms with Crippen LogP contribution in [-0.2, 0) is 6.42 Å². The molecule has 1 saturated carbocycles. The summed E-state index contributed by atoms with van der Waals surface area (Å²) < 4.78 is 0. The van der Waals surface area contributed by atoms with Gasteiger partial charge in [0.05, 0.1) is 11.6 Å². The minimum absolute atomic E-state index is 0.128. The van der Waals surface area contributed by atoms with E-state index in [4.69, 9.17) is 0 Å². The highest BCUT2D eigenvalue weighted by Gasteiger charge is 2.40. The van der Waals surface area contributed by atoms with Gasteiger partial charge in [-0.3, -0.25) is 0 Å². The Morgan fingerprint density at radius 1 is 1.21 bits per heavy atom. The first-order valence-corrected chi connectivity index (χ1v) is 7.73. The molecule has 19 heavy (non-hydrogen) atoms. The zero-order chi connectivity index (χ0) is 13.3. The summed E-state index contributed by atoms with van der Waals surface area (Å²) >= 11 is 0. The zero-order valence-electron chi connectivity index (χ0n) is 11.9. The summed E-state index contributed by atoms with van der Waals surface area (Å²) in [5.74, 6) is 0.757. The van der Waals surface area contributed by atoms with Crippen LogP contribution in [0.1, 0.15) is 56.2 Å². The summed E-state index contributed by atoms with van der Waals surface area (Å²) in [6, 6.07) is 8.74. The molecular formula is C17H25NO. The number of benzene rings is 1. The van der Waals surface area contributed by atoms with Crippen LogP contribution in [0.3, 0.4) is 0 Å². The number of nitrogens with one attached hydrogen (secondary N) is 1. The maximum absolute atomic E-state index is 11.2. The van der Waals surface area contributed by atoms with Crippen molar-refractivity contribution in [2.45, 2.75) is 57.1 Å². The molecule has 2 heteroatoms. The monoisotopic (exact) mass is 259 g/mol. The molecule has 2 N–H and O–H groups in total. The number of hydrogen-bond acceptors (Lipinski definition) is 2. The summed E-state index contributed by atoms with van der Waals surface area (Å²) in [6.07, 6.45) is 6.51. The van der Waals surface area contributed by atoms with E-state index in [1.165, 1.54) is 17.5 Å². The first kappa shape index (κ1) is 13.1. The standard InChI is InChI=1S/C17H25NO/c1-13-5-4-10-17(19,11-8-13)16-15-7-3-2-6-14(15)9-12-18-16/h2-3,6-7,13,16,18-19H,4-5,8-12H2,1H3. The van der Waals surface area contributed by atoms with Crippen LogP contribution in [0.2, 0.25) is 0 Å². The molecule has 0 spiro atoms. The Morgan fingerprint density at radius 2 is 2.05 bits per heavy atom. The molecule has 1 aromatic rings. The Labute approximate surface area is 116 Å². The van der Waals surface area contributed by atoms with Crippen molar-refractivity contribution in [1.29, 1.82) is 0 Å². The van der Waals surface area contributed by atoms with Crippen molar-refractivity contribution < 1.29 is 5.11 Å². The summed E-state index contributed by atoms with van der Waals surface area (Å²) in [4.78, 5) is 0. The molecule has 0 radical (unpaired) electrons. The molecule has 3 rings (SSSR count). The predicted molar refractivity (Wildman–Crippen MR) is 78.1 cm³/mol. The summed E-state index contributed by atoms with van der Waals surface area (Å²) in [6.45, 7) is 3.30. The van der Waals surface area contributed by atoms with Crippen LogP contribution >= 0.6 is 0 Å². The molecular weight excluding hydrogens is 234 g/mol. The Bertz CT molecular complexity index is 445. The van der Waals surface area contributed by atoms with E-state index in [0.717, 1.165) is 44.6 Å². The minimum atomic E-state index is -0.554. The molecule has 1 fully saturated rings. The third-order valence-electron chi connectivity index (χ3n) is 5.02. The topological polar surface area (TPSA) is 32.3 Å². The molecule has 0 saturated heterocycles. The van der Waals surface area contributed by atoms with E-state index < -0.39 is 5.60 Å². The molecule has 0 amide bonds. The lowest BCUT2D eigenvalue weighted by Crippen LogP contribution is -2.46. The summed E-state index contributed by atoms with van der Waals surface area (Å²) in [5.41, 5.74) is 2.18. The largest absolute Gasteiger partial charge is 0.388 e. The van der Waals surface area contributed by atoms with Gasteiger partial charge in [-0.05, 0) is 49.3 Å². The molecule has 3 unspecified atom stereocenters. The van der Waals surface area contributed by atoms with Crippen LogP contribution < -0.4 is 5.32 Å². The molecule has 2 aliphatic rings. The van der Waals surface area contributed by atoms with Gasteiger partial charge in [-0.25, -0.2) is 0 Å². The van der Waals surface area contributed by atoms with Gasteiger partial charge in [0, 0.05) is 0 Å². The third-order valence-corrected chi connectivity index (χ3v) is 5.02. The summed E-state index contributed by atoms with van der Waals surface area (Å²) in [5, 5.41) is 14.8. The lowest BCUT2D eigenvalue weighted by molar-refractivity contribution is -0.0162. The van der Waals surface area contributed by atoms with Gasteiger partial charge in [0.1, 0.15) is 0 Å². The van der Waals surface area contributed by atoms with Gasteiger partial charge in [0.2, 0.25) is 0 Å². The second kappa shape index (κ2) is 5.26. The highest BCUT2D eigenvalue weighted by molar-refractivity contribution is 5.34. The van der Waals surface area contributed by atoms with Crippen molar-refractivity contribution in [3.63, 3.8) is 0 Å². The smallest absolute Gasteiger partial charge is 0.0841 e. The highest BCUT2D eigenvalue weighted by atomic mass is 16.3. The fraction of sp³-hybridized carbons (Fsp3) is 0.647. The van der Waals surface area contributed by atoms with Crippen molar-refractivity contribution in [2.75, 3.05) is 6.54 Å². The van der Waals surface area contributed by atoms with Crippen LogP contribution in [0, 0.1) is 5.92 Å². The second-order valence-electron chi connectivity index (χ2n) is 6.48.